The molecule has 0 saturated carbocycles. The Morgan fingerprint density at radius 2 is 2.05 bits per heavy atom. The molecule has 0 aromatic carbocycles. The maximum Gasteiger partial charge on any atom is 0.245 e. The minimum atomic E-state index is -0.240. The van der Waals surface area contributed by atoms with Crippen molar-refractivity contribution in [1.29, 1.82) is 0 Å². The summed E-state index contributed by atoms with van der Waals surface area (Å²) in [5.74, 6) is 0.229. The summed E-state index contributed by atoms with van der Waals surface area (Å²) >= 11 is 0. The summed E-state index contributed by atoms with van der Waals surface area (Å²) in [6, 6.07) is -0.240. The molecule has 2 atom stereocenters. The lowest BCUT2D eigenvalue weighted by Crippen LogP contribution is -2.52. The third-order valence-corrected chi connectivity index (χ3v) is 4.77. The van der Waals surface area contributed by atoms with Crippen LogP contribution in [0.5, 0.6) is 0 Å². The second-order valence-electron chi connectivity index (χ2n) is 6.48. The zero-order valence-electron chi connectivity index (χ0n) is 12.7. The third-order valence-electron chi connectivity index (χ3n) is 4.77. The van der Waals surface area contributed by atoms with Gasteiger partial charge in [0.25, 0.3) is 0 Å². The molecule has 0 spiro atoms. The van der Waals surface area contributed by atoms with E-state index in [0.717, 1.165) is 45.3 Å². The molecule has 0 radical (unpaired) electrons. The highest BCUT2D eigenvalue weighted by atomic mass is 16.2. The molecule has 0 aromatic rings. The van der Waals surface area contributed by atoms with E-state index >= 15 is 0 Å². The summed E-state index contributed by atoms with van der Waals surface area (Å²) < 4.78 is 0. The monoisotopic (exact) mass is 281 g/mol. The van der Waals surface area contributed by atoms with Gasteiger partial charge in [0, 0.05) is 26.1 Å². The number of carbonyl (C=O) groups excluding carboxylic acids is 2. The Morgan fingerprint density at radius 3 is 2.65 bits per heavy atom. The van der Waals surface area contributed by atoms with Gasteiger partial charge in [-0.3, -0.25) is 9.59 Å². The standard InChI is InChI=1S/C15H27N3O2/c1-3-13(19)18-8-5-4-6-12(18)14(20)17-9-7-15(2,10-16)11-17/h12H,3-11,16H2,1-2H3. The summed E-state index contributed by atoms with van der Waals surface area (Å²) in [6.07, 6.45) is 4.29. The molecule has 20 heavy (non-hydrogen) atoms. The van der Waals surface area contributed by atoms with Gasteiger partial charge in [-0.15, -0.1) is 0 Å². The number of rotatable bonds is 3. The summed E-state index contributed by atoms with van der Waals surface area (Å²) in [5.41, 5.74) is 5.85. The van der Waals surface area contributed by atoms with E-state index < -0.39 is 0 Å². The predicted octanol–water partition coefficient (Wildman–Crippen LogP) is 0.975. The Morgan fingerprint density at radius 1 is 1.30 bits per heavy atom. The molecule has 2 aliphatic rings. The van der Waals surface area contributed by atoms with Crippen LogP contribution in [0.2, 0.25) is 0 Å². The van der Waals surface area contributed by atoms with E-state index in [1.54, 1.807) is 4.90 Å². The molecule has 114 valence electrons. The first-order valence-electron chi connectivity index (χ1n) is 7.79. The molecule has 2 unspecified atom stereocenters. The van der Waals surface area contributed by atoms with Crippen LogP contribution in [0.15, 0.2) is 0 Å². The van der Waals surface area contributed by atoms with Crippen LogP contribution < -0.4 is 5.73 Å². The van der Waals surface area contributed by atoms with E-state index in [2.05, 4.69) is 6.92 Å². The van der Waals surface area contributed by atoms with E-state index in [1.807, 2.05) is 11.8 Å². The Hall–Kier alpha value is -1.10. The zero-order valence-corrected chi connectivity index (χ0v) is 12.7. The Kier molecular flexibility index (Phi) is 4.68. The van der Waals surface area contributed by atoms with Crippen LogP contribution >= 0.6 is 0 Å². The molecule has 5 heteroatoms. The molecule has 2 rings (SSSR count). The van der Waals surface area contributed by atoms with Gasteiger partial charge < -0.3 is 15.5 Å². The molecule has 2 aliphatic heterocycles. The Balaban J connectivity index is 2.05. The number of hydrogen-bond acceptors (Lipinski definition) is 3. The van der Waals surface area contributed by atoms with Crippen LogP contribution in [0.3, 0.4) is 0 Å². The third kappa shape index (κ3) is 2.97. The van der Waals surface area contributed by atoms with Crippen LogP contribution in [0, 0.1) is 5.41 Å². The van der Waals surface area contributed by atoms with Crippen molar-refractivity contribution in [2.24, 2.45) is 11.1 Å². The average molecular weight is 281 g/mol. The summed E-state index contributed by atoms with van der Waals surface area (Å²) in [7, 11) is 0. The highest BCUT2D eigenvalue weighted by Crippen LogP contribution is 2.30. The fourth-order valence-corrected chi connectivity index (χ4v) is 3.28. The van der Waals surface area contributed by atoms with Gasteiger partial charge in [0.15, 0.2) is 0 Å². The average Bonchev–Trinajstić information content (AvgIpc) is 2.89. The molecule has 0 bridgehead atoms. The molecule has 0 aliphatic carbocycles. The molecule has 2 saturated heterocycles. The van der Waals surface area contributed by atoms with Gasteiger partial charge in [-0.2, -0.15) is 0 Å². The van der Waals surface area contributed by atoms with Crippen LogP contribution in [0.4, 0.5) is 0 Å². The second kappa shape index (κ2) is 6.12. The fraction of sp³-hybridized carbons (Fsp3) is 0.867. The van der Waals surface area contributed by atoms with Crippen molar-refractivity contribution in [3.8, 4) is 0 Å². The predicted molar refractivity (Wildman–Crippen MR) is 78.0 cm³/mol. The highest BCUT2D eigenvalue weighted by molar-refractivity contribution is 5.88. The van der Waals surface area contributed by atoms with Gasteiger partial charge in [-0.05, 0) is 37.6 Å². The minimum Gasteiger partial charge on any atom is -0.340 e. The number of hydrogen-bond donors (Lipinski definition) is 1. The Labute approximate surface area is 121 Å². The van der Waals surface area contributed by atoms with Crippen molar-refractivity contribution in [3.05, 3.63) is 0 Å². The number of amides is 2. The Bertz CT molecular complexity index is 385. The lowest BCUT2D eigenvalue weighted by atomic mass is 9.90. The number of piperidine rings is 1. The number of nitrogens with zero attached hydrogens (tertiary/aromatic N) is 2. The largest absolute Gasteiger partial charge is 0.340 e. The first kappa shape index (κ1) is 15.3. The van der Waals surface area contributed by atoms with E-state index in [1.165, 1.54) is 0 Å². The SMILES string of the molecule is CCC(=O)N1CCCCC1C(=O)N1CCC(C)(CN)C1. The van der Waals surface area contributed by atoms with Gasteiger partial charge in [-0.1, -0.05) is 13.8 Å². The van der Waals surface area contributed by atoms with Crippen molar-refractivity contribution in [2.45, 2.75) is 52.0 Å². The summed E-state index contributed by atoms with van der Waals surface area (Å²) in [4.78, 5) is 28.5. The van der Waals surface area contributed by atoms with E-state index in [0.29, 0.717) is 13.0 Å². The molecule has 5 nitrogen and oxygen atoms in total. The normalized spacial score (nSPS) is 30.6. The molecular weight excluding hydrogens is 254 g/mol. The smallest absolute Gasteiger partial charge is 0.245 e. The van der Waals surface area contributed by atoms with E-state index in [4.69, 9.17) is 5.73 Å². The van der Waals surface area contributed by atoms with Crippen LogP contribution in [-0.4, -0.2) is 53.8 Å². The number of nitrogens with two attached hydrogens (primary N) is 1. The number of likely N-dealkylation sites (tertiary alicyclic amines) is 2. The van der Waals surface area contributed by atoms with Crippen molar-refractivity contribution < 1.29 is 9.59 Å². The van der Waals surface area contributed by atoms with Gasteiger partial charge in [0.05, 0.1) is 0 Å². The van der Waals surface area contributed by atoms with Gasteiger partial charge >= 0.3 is 0 Å². The molecular formula is C15H27N3O2. The second-order valence-corrected chi connectivity index (χ2v) is 6.48. The van der Waals surface area contributed by atoms with Crippen molar-refractivity contribution in [1.82, 2.24) is 9.80 Å². The highest BCUT2D eigenvalue weighted by Gasteiger charge is 2.40. The van der Waals surface area contributed by atoms with E-state index in [-0.39, 0.29) is 23.3 Å². The lowest BCUT2D eigenvalue weighted by molar-refractivity contribution is -0.147. The summed E-state index contributed by atoms with van der Waals surface area (Å²) in [5, 5.41) is 0. The van der Waals surface area contributed by atoms with Gasteiger partial charge in [0.2, 0.25) is 11.8 Å². The maximum atomic E-state index is 12.7. The van der Waals surface area contributed by atoms with Crippen LogP contribution in [0.25, 0.3) is 0 Å². The van der Waals surface area contributed by atoms with Crippen LogP contribution in [0.1, 0.15) is 46.0 Å². The fourth-order valence-electron chi connectivity index (χ4n) is 3.28. The van der Waals surface area contributed by atoms with Crippen molar-refractivity contribution >= 4 is 11.8 Å². The summed E-state index contributed by atoms with van der Waals surface area (Å²) in [6.45, 7) is 6.84. The maximum absolute atomic E-state index is 12.7. The first-order chi connectivity index (χ1) is 9.50. The lowest BCUT2D eigenvalue weighted by Gasteiger charge is -2.37. The minimum absolute atomic E-state index is 0.0456. The van der Waals surface area contributed by atoms with Gasteiger partial charge in [-0.25, -0.2) is 0 Å². The van der Waals surface area contributed by atoms with Gasteiger partial charge in [0.1, 0.15) is 6.04 Å². The molecule has 2 N–H and O–H groups in total. The molecule has 2 amide bonds. The van der Waals surface area contributed by atoms with E-state index in [9.17, 15) is 9.59 Å². The molecule has 2 fully saturated rings. The first-order valence-corrected chi connectivity index (χ1v) is 7.79. The topological polar surface area (TPSA) is 66.6 Å². The number of carbonyl (C=O) groups is 2. The van der Waals surface area contributed by atoms with Crippen LogP contribution in [-0.2, 0) is 9.59 Å². The molecule has 2 heterocycles. The van der Waals surface area contributed by atoms with Crippen molar-refractivity contribution in [2.75, 3.05) is 26.2 Å². The zero-order chi connectivity index (χ0) is 14.8. The van der Waals surface area contributed by atoms with Crippen molar-refractivity contribution in [3.63, 3.8) is 0 Å². The molecule has 0 aromatic heterocycles. The quantitative estimate of drug-likeness (QED) is 0.838.